The van der Waals surface area contributed by atoms with Gasteiger partial charge in [-0.05, 0) is 19.4 Å². The Kier molecular flexibility index (Phi) is 4.51. The summed E-state index contributed by atoms with van der Waals surface area (Å²) in [6, 6.07) is -1.19. The van der Waals surface area contributed by atoms with Crippen LogP contribution in [0.5, 0.6) is 0 Å². The number of aliphatic carboxylic acids is 1. The van der Waals surface area contributed by atoms with Crippen molar-refractivity contribution in [3.63, 3.8) is 0 Å². The van der Waals surface area contributed by atoms with Gasteiger partial charge in [0.25, 0.3) is 0 Å². The van der Waals surface area contributed by atoms with E-state index in [4.69, 9.17) is 10.2 Å². The van der Waals surface area contributed by atoms with Crippen molar-refractivity contribution < 1.29 is 19.8 Å². The summed E-state index contributed by atoms with van der Waals surface area (Å²) in [5.41, 5.74) is 0. The number of aliphatic hydroxyl groups excluding tert-OH is 1. The Morgan fingerprint density at radius 1 is 1.53 bits per heavy atom. The fraction of sp³-hybridized carbons (Fsp3) is 0.778. The number of carboxylic acids is 1. The topological polar surface area (TPSA) is 98.7 Å². The van der Waals surface area contributed by atoms with Gasteiger partial charge in [0.15, 0.2) is 0 Å². The van der Waals surface area contributed by atoms with E-state index in [2.05, 4.69) is 10.6 Å². The zero-order valence-corrected chi connectivity index (χ0v) is 8.40. The van der Waals surface area contributed by atoms with Crippen LogP contribution >= 0.6 is 0 Å². The van der Waals surface area contributed by atoms with Gasteiger partial charge in [-0.25, -0.2) is 4.79 Å². The highest BCUT2D eigenvalue weighted by Crippen LogP contribution is 2.09. The first-order valence-corrected chi connectivity index (χ1v) is 5.00. The Morgan fingerprint density at radius 2 is 2.27 bits per heavy atom. The van der Waals surface area contributed by atoms with Crippen LogP contribution in [0.25, 0.3) is 0 Å². The molecule has 0 spiro atoms. The molecule has 0 saturated carbocycles. The Labute approximate surface area is 87.7 Å². The van der Waals surface area contributed by atoms with Gasteiger partial charge < -0.3 is 20.8 Å². The van der Waals surface area contributed by atoms with Gasteiger partial charge in [-0.15, -0.1) is 0 Å². The standard InChI is InChI=1S/C9H16N2O4/c12-5-7(9(14)15)11-8(13)6-2-1-3-10-4-6/h6-7,10,12H,1-5H2,(H,11,13)(H,14,15)/t6-,7+/m1/s1. The second-order valence-electron chi connectivity index (χ2n) is 3.63. The molecule has 0 unspecified atom stereocenters. The van der Waals surface area contributed by atoms with Gasteiger partial charge in [0, 0.05) is 6.54 Å². The van der Waals surface area contributed by atoms with Crippen molar-refractivity contribution in [2.75, 3.05) is 19.7 Å². The molecule has 1 saturated heterocycles. The molecule has 6 nitrogen and oxygen atoms in total. The van der Waals surface area contributed by atoms with Crippen molar-refractivity contribution in [1.29, 1.82) is 0 Å². The van der Waals surface area contributed by atoms with Crippen molar-refractivity contribution in [2.24, 2.45) is 5.92 Å². The predicted octanol–water partition coefficient (Wildman–Crippen LogP) is -1.45. The highest BCUT2D eigenvalue weighted by atomic mass is 16.4. The van der Waals surface area contributed by atoms with E-state index >= 15 is 0 Å². The number of amides is 1. The lowest BCUT2D eigenvalue weighted by atomic mass is 9.98. The fourth-order valence-electron chi connectivity index (χ4n) is 1.55. The zero-order chi connectivity index (χ0) is 11.3. The number of carboxylic acid groups (broad SMARTS) is 1. The predicted molar refractivity (Wildman–Crippen MR) is 52.2 cm³/mol. The molecule has 1 heterocycles. The molecule has 1 rings (SSSR count). The fourth-order valence-corrected chi connectivity index (χ4v) is 1.55. The second kappa shape index (κ2) is 5.67. The number of carbonyl (C=O) groups excluding carboxylic acids is 1. The molecule has 1 fully saturated rings. The van der Waals surface area contributed by atoms with Gasteiger partial charge in [0.05, 0.1) is 12.5 Å². The molecule has 0 aromatic carbocycles. The summed E-state index contributed by atoms with van der Waals surface area (Å²) >= 11 is 0. The van der Waals surface area contributed by atoms with E-state index in [1.807, 2.05) is 0 Å². The summed E-state index contributed by atoms with van der Waals surface area (Å²) in [6.07, 6.45) is 1.67. The minimum atomic E-state index is -1.21. The van der Waals surface area contributed by atoms with Crippen LogP contribution in [0, 0.1) is 5.92 Å². The normalized spacial score (nSPS) is 23.1. The van der Waals surface area contributed by atoms with E-state index < -0.39 is 18.6 Å². The van der Waals surface area contributed by atoms with E-state index in [-0.39, 0.29) is 11.8 Å². The highest BCUT2D eigenvalue weighted by molar-refractivity contribution is 5.85. The van der Waals surface area contributed by atoms with Crippen LogP contribution < -0.4 is 10.6 Å². The summed E-state index contributed by atoms with van der Waals surface area (Å²) in [5.74, 6) is -1.70. The molecule has 0 bridgehead atoms. The number of rotatable bonds is 4. The van der Waals surface area contributed by atoms with Crippen molar-refractivity contribution >= 4 is 11.9 Å². The molecule has 15 heavy (non-hydrogen) atoms. The van der Waals surface area contributed by atoms with Crippen molar-refractivity contribution in [1.82, 2.24) is 10.6 Å². The summed E-state index contributed by atoms with van der Waals surface area (Å²) < 4.78 is 0. The first-order valence-electron chi connectivity index (χ1n) is 5.00. The van der Waals surface area contributed by atoms with Gasteiger partial charge in [0.1, 0.15) is 6.04 Å². The molecule has 0 aromatic heterocycles. The van der Waals surface area contributed by atoms with Crippen LogP contribution in [-0.2, 0) is 9.59 Å². The van der Waals surface area contributed by atoms with E-state index in [0.29, 0.717) is 6.54 Å². The number of hydrogen-bond acceptors (Lipinski definition) is 4. The molecule has 0 radical (unpaired) electrons. The summed E-state index contributed by atoms with van der Waals surface area (Å²) in [5, 5.41) is 22.7. The number of piperidine rings is 1. The molecule has 4 N–H and O–H groups in total. The molecule has 86 valence electrons. The van der Waals surface area contributed by atoms with Crippen LogP contribution in [0.15, 0.2) is 0 Å². The van der Waals surface area contributed by atoms with Gasteiger partial charge >= 0.3 is 5.97 Å². The van der Waals surface area contributed by atoms with Gasteiger partial charge in [0.2, 0.25) is 5.91 Å². The van der Waals surface area contributed by atoms with Crippen LogP contribution in [0.4, 0.5) is 0 Å². The molecule has 6 heteroatoms. The van der Waals surface area contributed by atoms with E-state index in [1.165, 1.54) is 0 Å². The first kappa shape index (κ1) is 11.9. The highest BCUT2D eigenvalue weighted by Gasteiger charge is 2.25. The average Bonchev–Trinajstić information content (AvgIpc) is 2.26. The van der Waals surface area contributed by atoms with Crippen LogP contribution in [0.1, 0.15) is 12.8 Å². The molecule has 0 aromatic rings. The first-order chi connectivity index (χ1) is 7.15. The SMILES string of the molecule is O=C(N[C@@H](CO)C(=O)O)[C@@H]1CCCNC1. The van der Waals surface area contributed by atoms with Gasteiger partial charge in [-0.1, -0.05) is 0 Å². The van der Waals surface area contributed by atoms with Crippen molar-refractivity contribution in [3.05, 3.63) is 0 Å². The zero-order valence-electron chi connectivity index (χ0n) is 8.40. The van der Waals surface area contributed by atoms with Crippen molar-refractivity contribution in [2.45, 2.75) is 18.9 Å². The number of nitrogens with one attached hydrogen (secondary N) is 2. The average molecular weight is 216 g/mol. The maximum Gasteiger partial charge on any atom is 0.328 e. The lowest BCUT2D eigenvalue weighted by Crippen LogP contribution is -2.48. The van der Waals surface area contributed by atoms with Crippen LogP contribution in [0.2, 0.25) is 0 Å². The Hall–Kier alpha value is -1.14. The molecule has 2 atom stereocenters. The maximum absolute atomic E-state index is 11.5. The summed E-state index contributed by atoms with van der Waals surface area (Å²) in [7, 11) is 0. The molecule has 1 amide bonds. The Morgan fingerprint density at radius 3 is 2.73 bits per heavy atom. The quantitative estimate of drug-likeness (QED) is 0.461. The van der Waals surface area contributed by atoms with Crippen molar-refractivity contribution in [3.8, 4) is 0 Å². The number of carbonyl (C=O) groups is 2. The third kappa shape index (κ3) is 3.49. The number of hydrogen-bond donors (Lipinski definition) is 4. The second-order valence-corrected chi connectivity index (χ2v) is 3.63. The van der Waals surface area contributed by atoms with Crippen LogP contribution in [-0.4, -0.2) is 47.8 Å². The Balaban J connectivity index is 2.42. The molecular formula is C9H16N2O4. The Bertz CT molecular complexity index is 238. The molecule has 1 aliphatic heterocycles. The third-order valence-corrected chi connectivity index (χ3v) is 2.46. The molecular weight excluding hydrogens is 200 g/mol. The lowest BCUT2D eigenvalue weighted by Gasteiger charge is -2.23. The van der Waals surface area contributed by atoms with Crippen LogP contribution in [0.3, 0.4) is 0 Å². The maximum atomic E-state index is 11.5. The summed E-state index contributed by atoms with van der Waals surface area (Å²) in [4.78, 5) is 22.1. The van der Waals surface area contributed by atoms with Gasteiger partial charge in [-0.3, -0.25) is 4.79 Å². The lowest BCUT2D eigenvalue weighted by molar-refractivity contribution is -0.143. The summed E-state index contributed by atoms with van der Waals surface area (Å²) in [6.45, 7) is 0.886. The minimum Gasteiger partial charge on any atom is -0.480 e. The minimum absolute atomic E-state index is 0.188. The smallest absolute Gasteiger partial charge is 0.328 e. The van der Waals surface area contributed by atoms with E-state index in [0.717, 1.165) is 19.4 Å². The van der Waals surface area contributed by atoms with E-state index in [1.54, 1.807) is 0 Å². The largest absolute Gasteiger partial charge is 0.480 e. The molecule has 1 aliphatic rings. The number of aliphatic hydroxyl groups is 1. The molecule has 0 aliphatic carbocycles. The van der Waals surface area contributed by atoms with Gasteiger partial charge in [-0.2, -0.15) is 0 Å². The monoisotopic (exact) mass is 216 g/mol. The third-order valence-electron chi connectivity index (χ3n) is 2.46. The van der Waals surface area contributed by atoms with E-state index in [9.17, 15) is 9.59 Å².